The highest BCUT2D eigenvalue weighted by atomic mass is 16.7. The number of aliphatic hydroxyl groups is 5. The molecule has 1 rings (SSSR count). The van der Waals surface area contributed by atoms with Gasteiger partial charge in [0, 0.05) is 6.42 Å². The van der Waals surface area contributed by atoms with Crippen LogP contribution in [-0.2, 0) is 23.8 Å². The lowest BCUT2D eigenvalue weighted by Gasteiger charge is -2.41. The Bertz CT molecular complexity index is 1800. The van der Waals surface area contributed by atoms with Crippen molar-refractivity contribution < 1.29 is 49.3 Å². The third-order valence-electron chi connectivity index (χ3n) is 14.6. The van der Waals surface area contributed by atoms with Gasteiger partial charge < -0.3 is 45.1 Å². The van der Waals surface area contributed by atoms with Crippen molar-refractivity contribution in [3.05, 3.63) is 122 Å². The fraction of sp³-hybridized carbons (Fsp3) is 0.690. The first kappa shape index (κ1) is 76.1. The summed E-state index contributed by atoms with van der Waals surface area (Å²) in [6.45, 7) is 5.62. The molecule has 0 radical (unpaired) electrons. The average Bonchev–Trinajstić information content (AvgIpc) is 3.44. The lowest BCUT2D eigenvalue weighted by Crippen LogP contribution is -2.61. The lowest BCUT2D eigenvalue weighted by molar-refractivity contribution is -0.305. The summed E-state index contributed by atoms with van der Waals surface area (Å²) in [6.07, 6.45) is 69.4. The van der Waals surface area contributed by atoms with E-state index in [1.807, 2.05) is 6.08 Å². The van der Waals surface area contributed by atoms with Gasteiger partial charge in [0.15, 0.2) is 12.4 Å². The molecule has 0 spiro atoms. The SMILES string of the molecule is CC/C=C\C/C=C\C/C=C\C/C=C\C/C=C\CCCCCCCCCC(=O)OC1C(OCC(NC(=O)C(O)CCCC/C=C\C/C=C\C/C=C\C/C=C\CCCCC)C(O)/C=C/CCCCCCCCCCCC)OC(CO)C(O)C1O. The first-order valence-electron chi connectivity index (χ1n) is 32.8. The third-order valence-corrected chi connectivity index (χ3v) is 14.6. The molecule has 1 fully saturated rings. The Balaban J connectivity index is 2.67. The summed E-state index contributed by atoms with van der Waals surface area (Å²) < 4.78 is 17.6. The van der Waals surface area contributed by atoms with Gasteiger partial charge >= 0.3 is 5.97 Å². The van der Waals surface area contributed by atoms with E-state index in [0.717, 1.165) is 141 Å². The van der Waals surface area contributed by atoms with Gasteiger partial charge in [-0.25, -0.2) is 0 Å². The number of rotatable bonds is 54. The number of allylic oxidation sites excluding steroid dienone is 19. The van der Waals surface area contributed by atoms with E-state index in [2.05, 4.69) is 135 Å². The van der Waals surface area contributed by atoms with E-state index >= 15 is 0 Å². The van der Waals surface area contributed by atoms with E-state index in [9.17, 15) is 35.1 Å². The number of amides is 1. The molecule has 0 aromatic rings. The molecule has 8 unspecified atom stereocenters. The van der Waals surface area contributed by atoms with Crippen molar-refractivity contribution in [3.63, 3.8) is 0 Å². The van der Waals surface area contributed by atoms with Crippen LogP contribution in [0.1, 0.15) is 252 Å². The highest BCUT2D eigenvalue weighted by Crippen LogP contribution is 2.26. The average molecular weight is 1150 g/mol. The van der Waals surface area contributed by atoms with Crippen LogP contribution in [0.15, 0.2) is 122 Å². The molecule has 1 saturated heterocycles. The van der Waals surface area contributed by atoms with Crippen LogP contribution in [-0.4, -0.2) is 99.6 Å². The second-order valence-corrected chi connectivity index (χ2v) is 22.1. The fourth-order valence-corrected chi connectivity index (χ4v) is 9.42. The van der Waals surface area contributed by atoms with Crippen molar-refractivity contribution in [1.82, 2.24) is 5.32 Å². The zero-order valence-corrected chi connectivity index (χ0v) is 51.8. The summed E-state index contributed by atoms with van der Waals surface area (Å²) in [6, 6.07) is -1.05. The van der Waals surface area contributed by atoms with Gasteiger partial charge in [0.25, 0.3) is 0 Å². The molecule has 8 atom stereocenters. The second kappa shape index (κ2) is 57.5. The number of nitrogens with one attached hydrogen (secondary N) is 1. The molecule has 82 heavy (non-hydrogen) atoms. The summed E-state index contributed by atoms with van der Waals surface area (Å²) >= 11 is 0. The number of carbonyl (C=O) groups is 2. The molecule has 1 aliphatic heterocycles. The molecular formula is C71H119NO10. The van der Waals surface area contributed by atoms with Crippen LogP contribution in [0, 0.1) is 0 Å². The molecule has 0 bridgehead atoms. The normalized spacial score (nSPS) is 19.4. The number of esters is 1. The molecule has 0 aromatic carbocycles. The molecule has 0 aliphatic carbocycles. The van der Waals surface area contributed by atoms with Crippen LogP contribution in [0.5, 0.6) is 0 Å². The number of aliphatic hydroxyl groups excluding tert-OH is 5. The Hall–Kier alpha value is -3.94. The number of hydrogen-bond acceptors (Lipinski definition) is 10. The van der Waals surface area contributed by atoms with Gasteiger partial charge in [-0.05, 0) is 116 Å². The van der Waals surface area contributed by atoms with E-state index < -0.39 is 67.4 Å². The van der Waals surface area contributed by atoms with Crippen LogP contribution in [0.3, 0.4) is 0 Å². The monoisotopic (exact) mass is 1150 g/mol. The molecule has 0 aromatic heterocycles. The van der Waals surface area contributed by atoms with Gasteiger partial charge in [-0.3, -0.25) is 9.59 Å². The largest absolute Gasteiger partial charge is 0.454 e. The molecule has 1 aliphatic rings. The molecule has 1 heterocycles. The van der Waals surface area contributed by atoms with Crippen molar-refractivity contribution in [2.75, 3.05) is 13.2 Å². The zero-order chi connectivity index (χ0) is 59.6. The topological polar surface area (TPSA) is 175 Å². The van der Waals surface area contributed by atoms with Gasteiger partial charge in [-0.15, -0.1) is 0 Å². The number of ether oxygens (including phenoxy) is 3. The van der Waals surface area contributed by atoms with Crippen LogP contribution in [0.25, 0.3) is 0 Å². The quantitative estimate of drug-likeness (QED) is 0.0195. The molecule has 0 saturated carbocycles. The van der Waals surface area contributed by atoms with Crippen LogP contribution < -0.4 is 5.32 Å². The highest BCUT2D eigenvalue weighted by molar-refractivity contribution is 5.80. The highest BCUT2D eigenvalue weighted by Gasteiger charge is 2.47. The summed E-state index contributed by atoms with van der Waals surface area (Å²) in [5.41, 5.74) is 0. The predicted molar refractivity (Wildman–Crippen MR) is 342 cm³/mol. The maximum Gasteiger partial charge on any atom is 0.306 e. The molecule has 11 heteroatoms. The van der Waals surface area contributed by atoms with Crippen molar-refractivity contribution in [2.45, 2.75) is 301 Å². The Morgan fingerprint density at radius 2 is 0.878 bits per heavy atom. The van der Waals surface area contributed by atoms with Gasteiger partial charge in [0.1, 0.15) is 24.4 Å². The summed E-state index contributed by atoms with van der Waals surface area (Å²) in [7, 11) is 0. The summed E-state index contributed by atoms with van der Waals surface area (Å²) in [5.74, 6) is -1.25. The fourth-order valence-electron chi connectivity index (χ4n) is 9.42. The molecule has 6 N–H and O–H groups in total. The van der Waals surface area contributed by atoms with Crippen LogP contribution in [0.2, 0.25) is 0 Å². The first-order chi connectivity index (χ1) is 40.2. The van der Waals surface area contributed by atoms with Crippen molar-refractivity contribution >= 4 is 11.9 Å². The maximum atomic E-state index is 13.4. The second-order valence-electron chi connectivity index (χ2n) is 22.1. The Morgan fingerprint density at radius 1 is 0.488 bits per heavy atom. The van der Waals surface area contributed by atoms with E-state index in [-0.39, 0.29) is 19.4 Å². The predicted octanol–water partition coefficient (Wildman–Crippen LogP) is 16.2. The molecule has 11 nitrogen and oxygen atoms in total. The van der Waals surface area contributed by atoms with Crippen LogP contribution >= 0.6 is 0 Å². The maximum absolute atomic E-state index is 13.4. The first-order valence-corrected chi connectivity index (χ1v) is 32.8. The smallest absolute Gasteiger partial charge is 0.306 e. The number of carbonyl (C=O) groups excluding carboxylic acids is 2. The minimum atomic E-state index is -1.63. The summed E-state index contributed by atoms with van der Waals surface area (Å²) in [4.78, 5) is 26.6. The molecule has 1 amide bonds. The van der Waals surface area contributed by atoms with Crippen molar-refractivity contribution in [3.8, 4) is 0 Å². The van der Waals surface area contributed by atoms with E-state index in [1.165, 1.54) is 64.2 Å². The minimum Gasteiger partial charge on any atom is -0.454 e. The Kier molecular flexibility index (Phi) is 53.3. The van der Waals surface area contributed by atoms with Crippen molar-refractivity contribution in [2.24, 2.45) is 0 Å². The van der Waals surface area contributed by atoms with Gasteiger partial charge in [-0.1, -0.05) is 251 Å². The lowest BCUT2D eigenvalue weighted by atomic mass is 9.99. The zero-order valence-electron chi connectivity index (χ0n) is 51.8. The summed E-state index contributed by atoms with van der Waals surface area (Å²) in [5, 5.41) is 57.1. The standard InChI is InChI=1S/C71H119NO10/c1-4-7-10-13-16-19-22-25-27-29-31-32-33-34-35-37-39-41-44-47-50-53-56-59-66(76)82-69-68(78)67(77)65(60-73)81-71(69)80-61-62(63(74)57-54-51-48-45-42-24-21-18-15-12-9-6-3)72-70(79)64(75)58-55-52-49-46-43-40-38-36-30-28-26-23-20-17-14-11-8-5-2/h7,10,16-17,19-20,25-28,31-32,34-36,38,43,46,54,57,62-65,67-69,71,73-75,77-78H,4-6,8-9,11-15,18,21-24,29-30,33,37,39-42,44-45,47-53,55-56,58-61H2,1-3H3,(H,72,79)/b10-7-,19-16-,20-17-,27-25-,28-26-,32-31-,35-34-,38-36-,46-43-,57-54+. The van der Waals surface area contributed by atoms with E-state index in [1.54, 1.807) is 6.08 Å². The Labute approximate surface area is 500 Å². The van der Waals surface area contributed by atoms with E-state index in [4.69, 9.17) is 14.2 Å². The molecule has 468 valence electrons. The number of hydrogen-bond donors (Lipinski definition) is 6. The van der Waals surface area contributed by atoms with E-state index in [0.29, 0.717) is 12.8 Å². The van der Waals surface area contributed by atoms with Crippen LogP contribution in [0.4, 0.5) is 0 Å². The third kappa shape index (κ3) is 44.6. The Morgan fingerprint density at radius 3 is 1.34 bits per heavy atom. The van der Waals surface area contributed by atoms with Crippen molar-refractivity contribution in [1.29, 1.82) is 0 Å². The molecular weight excluding hydrogens is 1030 g/mol. The van der Waals surface area contributed by atoms with Gasteiger partial charge in [0.2, 0.25) is 5.91 Å². The minimum absolute atomic E-state index is 0.0994. The number of unbranched alkanes of at least 4 members (excludes halogenated alkanes) is 22. The van der Waals surface area contributed by atoms with Gasteiger partial charge in [-0.2, -0.15) is 0 Å². The van der Waals surface area contributed by atoms with Gasteiger partial charge in [0.05, 0.1) is 25.4 Å².